The Morgan fingerprint density at radius 2 is 0.463 bits per heavy atom. The van der Waals surface area contributed by atoms with Crippen LogP contribution in [0.2, 0.25) is 0 Å². The quantitative estimate of drug-likeness (QED) is 0.0687. The third-order valence-corrected chi connectivity index (χ3v) is 10.7. The Kier molecular flexibility index (Phi) is 8.46. The molecule has 0 amide bonds. The highest BCUT2D eigenvalue weighted by molar-refractivity contribution is 6.59. The molecule has 4 aliphatic carbocycles. The van der Waals surface area contributed by atoms with Crippen molar-refractivity contribution in [3.05, 3.63) is 132 Å². The zero-order valence-electron chi connectivity index (χ0n) is 27.1. The van der Waals surface area contributed by atoms with Crippen molar-refractivity contribution in [1.82, 2.24) is 0 Å². The first-order valence-corrected chi connectivity index (χ1v) is 16.8. The second kappa shape index (κ2) is 12.4. The molecule has 0 aromatic heterocycles. The average molecular weight is 779 g/mol. The molecule has 0 N–H and O–H groups in total. The van der Waals surface area contributed by atoms with Crippen LogP contribution in [0.1, 0.15) is 114 Å². The zero-order valence-corrected chi connectivity index (χ0v) is 27.1. The summed E-state index contributed by atoms with van der Waals surface area (Å²) in [4.78, 5) is 0. The van der Waals surface area contributed by atoms with Crippen LogP contribution in [-0.2, 0) is 5.31 Å². The van der Waals surface area contributed by atoms with Crippen LogP contribution >= 0.6 is 0 Å². The Morgan fingerprint density at radius 3 is 0.648 bits per heavy atom. The summed E-state index contributed by atoms with van der Waals surface area (Å²) >= 11 is 0. The monoisotopic (exact) mass is 779 g/mol. The smallest absolute Gasteiger partial charge is 0.185 e. The molecule has 0 heterocycles. The lowest BCUT2D eigenvalue weighted by Crippen LogP contribution is -2.50. The summed E-state index contributed by atoms with van der Waals surface area (Å²) in [5, 5.41) is -4.99. The van der Waals surface area contributed by atoms with Crippen LogP contribution in [0, 0.1) is 93.1 Å². The van der Waals surface area contributed by atoms with Crippen LogP contribution in [0.25, 0.3) is 0 Å². The molecule has 0 saturated heterocycles. The molecule has 4 aliphatic rings. The van der Waals surface area contributed by atoms with E-state index in [0.717, 1.165) is 0 Å². The first-order valence-electron chi connectivity index (χ1n) is 16.8. The molecule has 0 nitrogen and oxygen atoms in total. The summed E-state index contributed by atoms with van der Waals surface area (Å²) in [5.74, 6) is -46.5. The highest BCUT2D eigenvalue weighted by Crippen LogP contribution is 2.54. The lowest BCUT2D eigenvalue weighted by atomic mass is 9.40. The maximum atomic E-state index is 16.6. The van der Waals surface area contributed by atoms with Gasteiger partial charge in [0.2, 0.25) is 0 Å². The van der Waals surface area contributed by atoms with Crippen molar-refractivity contribution < 1.29 is 70.2 Å². The highest BCUT2D eigenvalue weighted by Gasteiger charge is 2.56. The molecule has 0 unspecified atom stereocenters. The predicted octanol–water partition coefficient (Wildman–Crippen LogP) is 10.7. The van der Waals surface area contributed by atoms with Crippen molar-refractivity contribution in [2.45, 2.75) is 80.4 Å². The van der Waals surface area contributed by atoms with Crippen molar-refractivity contribution >= 4 is 12.7 Å². The van der Waals surface area contributed by atoms with Crippen LogP contribution in [0.15, 0.2) is 0 Å². The molecule has 17 heteroatoms. The molecule has 4 aromatic carbocycles. The highest BCUT2D eigenvalue weighted by atomic mass is 19.2. The molecule has 4 saturated carbocycles. The molecule has 1 radical (unpaired) electrons. The molecule has 54 heavy (non-hydrogen) atoms. The van der Waals surface area contributed by atoms with Gasteiger partial charge in [-0.1, -0.05) is 0 Å². The fraction of sp³-hybridized carbons (Fsp3) is 0.351. The van der Waals surface area contributed by atoms with Crippen molar-refractivity contribution in [3.8, 4) is 0 Å². The first kappa shape index (κ1) is 36.8. The fourth-order valence-corrected chi connectivity index (χ4v) is 7.51. The molecular formula is C37H20BF16. The van der Waals surface area contributed by atoms with Gasteiger partial charge in [0, 0.05) is 44.3 Å². The van der Waals surface area contributed by atoms with E-state index in [1.54, 1.807) is 0 Å². The molecule has 8 rings (SSSR count). The Bertz CT molecular complexity index is 2010. The topological polar surface area (TPSA) is 0 Å². The molecule has 0 spiro atoms. The van der Waals surface area contributed by atoms with Gasteiger partial charge in [0.05, 0.1) is 0 Å². The lowest BCUT2D eigenvalue weighted by Gasteiger charge is -2.38. The zero-order chi connectivity index (χ0) is 39.0. The first-order chi connectivity index (χ1) is 25.5. The van der Waals surface area contributed by atoms with Crippen LogP contribution in [-0.4, -0.2) is 7.28 Å². The van der Waals surface area contributed by atoms with Gasteiger partial charge >= 0.3 is 0 Å². The molecule has 4 aromatic rings. The van der Waals surface area contributed by atoms with Gasteiger partial charge in [-0.3, -0.25) is 0 Å². The Hall–Kier alpha value is -4.18. The maximum absolute atomic E-state index is 16.6. The summed E-state index contributed by atoms with van der Waals surface area (Å²) in [6.45, 7) is 0. The van der Waals surface area contributed by atoms with E-state index in [0.29, 0.717) is 0 Å². The van der Waals surface area contributed by atoms with E-state index in [1.165, 1.54) is 0 Å². The van der Waals surface area contributed by atoms with Gasteiger partial charge in [-0.15, -0.1) is 0 Å². The molecular weight excluding hydrogens is 759 g/mol. The Balaban J connectivity index is 1.61. The van der Waals surface area contributed by atoms with Gasteiger partial charge in [0.1, 0.15) is 0 Å². The van der Waals surface area contributed by atoms with E-state index in [-0.39, 0.29) is 51.4 Å². The predicted molar refractivity (Wildman–Crippen MR) is 158 cm³/mol. The fourth-order valence-electron chi connectivity index (χ4n) is 7.51. The van der Waals surface area contributed by atoms with Crippen molar-refractivity contribution in [1.29, 1.82) is 0 Å². The van der Waals surface area contributed by atoms with E-state index in [2.05, 4.69) is 0 Å². The average Bonchev–Trinajstić information content (AvgIpc) is 3.92. The van der Waals surface area contributed by atoms with Gasteiger partial charge in [0.15, 0.2) is 100 Å². The summed E-state index contributed by atoms with van der Waals surface area (Å²) in [7, 11) is -0.800. The maximum Gasteiger partial charge on any atom is 0.185 e. The third-order valence-electron chi connectivity index (χ3n) is 10.7. The van der Waals surface area contributed by atoms with Crippen LogP contribution in [0.3, 0.4) is 0 Å². The SMILES string of the molecule is Fc1c(F)c(C2CC2)c(F)c(F)c1[B]C(c1c(F)c(F)c(C2CC2)c(F)c1F)(c1c(F)c(F)c(C2CC2)c(F)c1F)c1c(F)c(F)c(C2CC2)c(F)c1F. The van der Waals surface area contributed by atoms with E-state index >= 15 is 70.2 Å². The minimum atomic E-state index is -4.99. The summed E-state index contributed by atoms with van der Waals surface area (Å²) in [6.07, 6.45) is -0.648. The molecule has 4 fully saturated rings. The van der Waals surface area contributed by atoms with Crippen molar-refractivity contribution in [2.24, 2.45) is 0 Å². The number of hydrogen-bond acceptors (Lipinski definition) is 0. The van der Waals surface area contributed by atoms with Crippen LogP contribution in [0.5, 0.6) is 0 Å². The summed E-state index contributed by atoms with van der Waals surface area (Å²) < 4.78 is 257. The van der Waals surface area contributed by atoms with Crippen LogP contribution in [0.4, 0.5) is 70.2 Å². The third kappa shape index (κ3) is 5.14. The van der Waals surface area contributed by atoms with Gasteiger partial charge in [-0.05, 0) is 80.5 Å². The number of hydrogen-bond donors (Lipinski definition) is 0. The second-order valence-electron chi connectivity index (χ2n) is 14.3. The molecule has 0 atom stereocenters. The minimum absolute atomic E-state index is 0.0212. The molecule has 283 valence electrons. The van der Waals surface area contributed by atoms with Gasteiger partial charge in [0.25, 0.3) is 0 Å². The van der Waals surface area contributed by atoms with Gasteiger partial charge in [-0.25, -0.2) is 70.2 Å². The minimum Gasteiger partial charge on any atom is -0.204 e. The molecule has 0 aliphatic heterocycles. The van der Waals surface area contributed by atoms with Gasteiger partial charge < -0.3 is 0 Å². The van der Waals surface area contributed by atoms with Crippen LogP contribution < -0.4 is 5.46 Å². The van der Waals surface area contributed by atoms with E-state index in [1.807, 2.05) is 0 Å². The van der Waals surface area contributed by atoms with E-state index in [9.17, 15) is 0 Å². The normalized spacial score (nSPS) is 17.5. The van der Waals surface area contributed by atoms with E-state index in [4.69, 9.17) is 0 Å². The number of halogens is 16. The molecule has 0 bridgehead atoms. The largest absolute Gasteiger partial charge is 0.204 e. The number of benzene rings is 4. The summed E-state index contributed by atoms with van der Waals surface area (Å²) in [5.41, 5.74) is -15.9. The van der Waals surface area contributed by atoms with Crippen molar-refractivity contribution in [2.75, 3.05) is 0 Å². The van der Waals surface area contributed by atoms with Crippen molar-refractivity contribution in [3.63, 3.8) is 0 Å². The number of rotatable bonds is 9. The standard InChI is InChI=1S/C37H20BF16/c39-21-13(9-1-2-9)22(40)30(48)17(29(21)47)37(18-31(49)23(41)14(10-3-4-10)24(42)32(18)50,19-33(51)25(43)15(11-5-6-11)26(44)34(19)52)38-20-35(53)27(45)16(12-7-8-12)28(46)36(20)54/h9-12H,1-8H2. The second-order valence-corrected chi connectivity index (χ2v) is 14.3. The summed E-state index contributed by atoms with van der Waals surface area (Å²) in [6, 6.07) is 0. The van der Waals surface area contributed by atoms with Gasteiger partial charge in [-0.2, -0.15) is 0 Å². The Labute approximate surface area is 295 Å². The van der Waals surface area contributed by atoms with E-state index < -0.39 is 174 Å². The Morgan fingerprint density at radius 1 is 0.278 bits per heavy atom. The lowest BCUT2D eigenvalue weighted by molar-refractivity contribution is 0.380.